The Kier molecular flexibility index (Phi) is 4.31. The highest BCUT2D eigenvalue weighted by molar-refractivity contribution is 5.79. The molecule has 1 rings (SSSR count). The Morgan fingerprint density at radius 1 is 1.64 bits per heavy atom. The first-order chi connectivity index (χ1) is 6.69. The molecule has 5 nitrogen and oxygen atoms in total. The Hall–Kier alpha value is -0.650. The normalized spacial score (nSPS) is 24.4. The third kappa shape index (κ3) is 2.67. The van der Waals surface area contributed by atoms with E-state index in [1.165, 1.54) is 0 Å². The molecule has 0 aromatic carbocycles. The maximum atomic E-state index is 11.5. The molecule has 0 bridgehead atoms. The zero-order valence-corrected chi connectivity index (χ0v) is 8.90. The molecule has 0 spiro atoms. The van der Waals surface area contributed by atoms with Crippen LogP contribution in [0.2, 0.25) is 0 Å². The minimum Gasteiger partial charge on any atom is -0.383 e. The van der Waals surface area contributed by atoms with Crippen molar-refractivity contribution in [1.82, 2.24) is 9.80 Å². The molecule has 1 aliphatic rings. The quantitative estimate of drug-likeness (QED) is 0.616. The van der Waals surface area contributed by atoms with Crippen LogP contribution in [0.5, 0.6) is 0 Å². The summed E-state index contributed by atoms with van der Waals surface area (Å²) in [6.45, 7) is 3.31. The van der Waals surface area contributed by atoms with Gasteiger partial charge in [-0.2, -0.15) is 0 Å². The van der Waals surface area contributed by atoms with E-state index < -0.39 is 0 Å². The lowest BCUT2D eigenvalue weighted by Gasteiger charge is -2.38. The second kappa shape index (κ2) is 5.29. The van der Waals surface area contributed by atoms with Gasteiger partial charge in [0.15, 0.2) is 0 Å². The minimum absolute atomic E-state index is 0.141. The van der Waals surface area contributed by atoms with Gasteiger partial charge in [0.25, 0.3) is 0 Å². The van der Waals surface area contributed by atoms with Crippen LogP contribution in [0, 0.1) is 0 Å². The van der Waals surface area contributed by atoms with Gasteiger partial charge in [-0.3, -0.25) is 9.69 Å². The van der Waals surface area contributed by atoms with Gasteiger partial charge in [-0.15, -0.1) is 0 Å². The molecule has 5 heteroatoms. The fourth-order valence-corrected chi connectivity index (χ4v) is 1.61. The molecule has 2 N–H and O–H groups in total. The number of nitrogens with two attached hydrogens (primary N) is 1. The van der Waals surface area contributed by atoms with Crippen LogP contribution in [0.25, 0.3) is 0 Å². The molecule has 1 amide bonds. The van der Waals surface area contributed by atoms with E-state index in [0.29, 0.717) is 19.7 Å². The molecule has 1 saturated heterocycles. The number of carbonyl (C=O) groups excluding carboxylic acids is 1. The lowest BCUT2D eigenvalue weighted by molar-refractivity contribution is -0.137. The lowest BCUT2D eigenvalue weighted by atomic mass is 10.2. The molecule has 0 aromatic heterocycles. The number of piperazine rings is 1. The zero-order valence-electron chi connectivity index (χ0n) is 8.90. The molecule has 0 aliphatic carbocycles. The molecule has 1 aliphatic heterocycles. The number of rotatable bonds is 4. The summed E-state index contributed by atoms with van der Waals surface area (Å²) in [5.41, 5.74) is 5.59. The van der Waals surface area contributed by atoms with Crippen LogP contribution < -0.4 is 5.73 Å². The molecule has 0 radical (unpaired) electrons. The van der Waals surface area contributed by atoms with Crippen LogP contribution >= 0.6 is 0 Å². The van der Waals surface area contributed by atoms with Crippen LogP contribution in [-0.4, -0.2) is 68.7 Å². The summed E-state index contributed by atoms with van der Waals surface area (Å²) in [6.07, 6.45) is 0. The molecular weight excluding hydrogens is 182 g/mol. The van der Waals surface area contributed by atoms with Gasteiger partial charge in [-0.05, 0) is 0 Å². The Bertz CT molecular complexity index is 198. The first-order valence-corrected chi connectivity index (χ1v) is 4.86. The van der Waals surface area contributed by atoms with Crippen molar-refractivity contribution in [2.24, 2.45) is 5.73 Å². The minimum atomic E-state index is 0.141. The SMILES string of the molecule is COCCN1CC(=O)N(C)C(CN)C1. The fourth-order valence-electron chi connectivity index (χ4n) is 1.61. The number of hydrogen-bond donors (Lipinski definition) is 1. The van der Waals surface area contributed by atoms with Gasteiger partial charge in [0.05, 0.1) is 19.2 Å². The Morgan fingerprint density at radius 2 is 2.36 bits per heavy atom. The lowest BCUT2D eigenvalue weighted by Crippen LogP contribution is -2.57. The summed E-state index contributed by atoms with van der Waals surface area (Å²) in [6, 6.07) is 0.146. The molecule has 0 saturated carbocycles. The highest BCUT2D eigenvalue weighted by Gasteiger charge is 2.28. The van der Waals surface area contributed by atoms with E-state index in [1.54, 1.807) is 12.0 Å². The first-order valence-electron chi connectivity index (χ1n) is 4.86. The van der Waals surface area contributed by atoms with Gasteiger partial charge in [0, 0.05) is 33.8 Å². The first kappa shape index (κ1) is 11.4. The fraction of sp³-hybridized carbons (Fsp3) is 0.889. The summed E-state index contributed by atoms with van der Waals surface area (Å²) in [7, 11) is 3.48. The molecule has 1 fully saturated rings. The number of carbonyl (C=O) groups is 1. The van der Waals surface area contributed by atoms with E-state index in [4.69, 9.17) is 10.5 Å². The predicted octanol–water partition coefficient (Wildman–Crippen LogP) is -1.27. The number of likely N-dealkylation sites (N-methyl/N-ethyl adjacent to an activating group) is 1. The van der Waals surface area contributed by atoms with Gasteiger partial charge in [-0.25, -0.2) is 0 Å². The van der Waals surface area contributed by atoms with Crippen molar-refractivity contribution in [3.8, 4) is 0 Å². The van der Waals surface area contributed by atoms with E-state index in [-0.39, 0.29) is 11.9 Å². The van der Waals surface area contributed by atoms with Gasteiger partial charge in [-0.1, -0.05) is 0 Å². The Balaban J connectivity index is 2.45. The van der Waals surface area contributed by atoms with Crippen LogP contribution in [-0.2, 0) is 9.53 Å². The van der Waals surface area contributed by atoms with Crippen molar-refractivity contribution < 1.29 is 9.53 Å². The van der Waals surface area contributed by atoms with Gasteiger partial charge < -0.3 is 15.4 Å². The molecular formula is C9H19N3O2. The predicted molar refractivity (Wildman–Crippen MR) is 53.9 cm³/mol. The van der Waals surface area contributed by atoms with Gasteiger partial charge in [0.1, 0.15) is 0 Å². The third-order valence-electron chi connectivity index (χ3n) is 2.65. The monoisotopic (exact) mass is 201 g/mol. The van der Waals surface area contributed by atoms with Crippen molar-refractivity contribution >= 4 is 5.91 Å². The van der Waals surface area contributed by atoms with Crippen molar-refractivity contribution in [2.75, 3.05) is 46.9 Å². The molecule has 14 heavy (non-hydrogen) atoms. The van der Waals surface area contributed by atoms with E-state index in [1.807, 2.05) is 7.05 Å². The second-order valence-electron chi connectivity index (χ2n) is 3.62. The average Bonchev–Trinajstić information content (AvgIpc) is 2.19. The Morgan fingerprint density at radius 3 is 2.93 bits per heavy atom. The summed E-state index contributed by atoms with van der Waals surface area (Å²) in [5.74, 6) is 0.141. The number of ether oxygens (including phenoxy) is 1. The van der Waals surface area contributed by atoms with E-state index in [0.717, 1.165) is 13.1 Å². The molecule has 1 heterocycles. The maximum Gasteiger partial charge on any atom is 0.236 e. The van der Waals surface area contributed by atoms with Crippen LogP contribution in [0.1, 0.15) is 0 Å². The summed E-state index contributed by atoms with van der Waals surface area (Å²) in [5, 5.41) is 0. The molecule has 1 atom stereocenters. The average molecular weight is 201 g/mol. The second-order valence-corrected chi connectivity index (χ2v) is 3.62. The third-order valence-corrected chi connectivity index (χ3v) is 2.65. The van der Waals surface area contributed by atoms with E-state index in [2.05, 4.69) is 4.90 Å². The number of nitrogens with zero attached hydrogens (tertiary/aromatic N) is 2. The smallest absolute Gasteiger partial charge is 0.236 e. The van der Waals surface area contributed by atoms with Crippen molar-refractivity contribution in [1.29, 1.82) is 0 Å². The molecule has 0 aromatic rings. The summed E-state index contributed by atoms with van der Waals surface area (Å²) >= 11 is 0. The van der Waals surface area contributed by atoms with Crippen molar-refractivity contribution in [3.63, 3.8) is 0 Å². The maximum absolute atomic E-state index is 11.5. The van der Waals surface area contributed by atoms with Crippen molar-refractivity contribution in [2.45, 2.75) is 6.04 Å². The zero-order chi connectivity index (χ0) is 10.6. The standard InChI is InChI=1S/C9H19N3O2/c1-11-8(5-10)6-12(3-4-14-2)7-9(11)13/h8H,3-7,10H2,1-2H3. The van der Waals surface area contributed by atoms with E-state index in [9.17, 15) is 4.79 Å². The van der Waals surface area contributed by atoms with Crippen LogP contribution in [0.4, 0.5) is 0 Å². The largest absolute Gasteiger partial charge is 0.383 e. The Labute approximate surface area is 84.8 Å². The number of amides is 1. The van der Waals surface area contributed by atoms with Gasteiger partial charge in [0.2, 0.25) is 5.91 Å². The van der Waals surface area contributed by atoms with Crippen LogP contribution in [0.3, 0.4) is 0 Å². The summed E-state index contributed by atoms with van der Waals surface area (Å²) in [4.78, 5) is 15.4. The topological polar surface area (TPSA) is 58.8 Å². The number of hydrogen-bond acceptors (Lipinski definition) is 4. The van der Waals surface area contributed by atoms with Gasteiger partial charge >= 0.3 is 0 Å². The molecule has 82 valence electrons. The van der Waals surface area contributed by atoms with Crippen LogP contribution in [0.15, 0.2) is 0 Å². The molecule has 1 unspecified atom stereocenters. The number of methoxy groups -OCH3 is 1. The van der Waals surface area contributed by atoms with E-state index >= 15 is 0 Å². The van der Waals surface area contributed by atoms with Crippen molar-refractivity contribution in [3.05, 3.63) is 0 Å². The highest BCUT2D eigenvalue weighted by atomic mass is 16.5. The summed E-state index contributed by atoms with van der Waals surface area (Å²) < 4.78 is 4.98. The highest BCUT2D eigenvalue weighted by Crippen LogP contribution is 2.07.